The summed E-state index contributed by atoms with van der Waals surface area (Å²) in [4.78, 5) is 10.4. The van der Waals surface area contributed by atoms with Crippen LogP contribution in [0.1, 0.15) is 22.3 Å². The molecule has 6 heteroatoms. The zero-order valence-corrected chi connectivity index (χ0v) is 7.71. The van der Waals surface area contributed by atoms with Crippen molar-refractivity contribution in [1.82, 2.24) is 10.2 Å². The molecule has 2 rings (SSSR count). The van der Waals surface area contributed by atoms with E-state index in [0.717, 1.165) is 5.76 Å². The summed E-state index contributed by atoms with van der Waals surface area (Å²) in [6, 6.07) is 3.61. The van der Waals surface area contributed by atoms with E-state index in [2.05, 4.69) is 10.2 Å². The molecule has 0 unspecified atom stereocenters. The van der Waals surface area contributed by atoms with Gasteiger partial charge in [0, 0.05) is 12.8 Å². The molecule has 2 aromatic rings. The second-order valence-corrected chi connectivity index (χ2v) is 2.89. The molecule has 0 bridgehead atoms. The fourth-order valence-electron chi connectivity index (χ4n) is 1.13. The van der Waals surface area contributed by atoms with Crippen molar-refractivity contribution in [3.05, 3.63) is 35.9 Å². The Balaban J connectivity index is 1.96. The molecule has 2 heterocycles. The van der Waals surface area contributed by atoms with E-state index in [9.17, 15) is 4.79 Å². The summed E-state index contributed by atoms with van der Waals surface area (Å²) in [5.41, 5.74) is 0. The van der Waals surface area contributed by atoms with Crippen LogP contribution in [-0.2, 0) is 12.8 Å². The number of aromatic nitrogens is 2. The highest BCUT2D eigenvalue weighted by atomic mass is 16.4. The van der Waals surface area contributed by atoms with Crippen LogP contribution >= 0.6 is 0 Å². The average molecular weight is 208 g/mol. The smallest absolute Gasteiger partial charge is 0.393 e. The summed E-state index contributed by atoms with van der Waals surface area (Å²) in [5.74, 6) is -0.509. The first-order valence-corrected chi connectivity index (χ1v) is 4.34. The molecule has 6 nitrogen and oxygen atoms in total. The van der Waals surface area contributed by atoms with Crippen LogP contribution < -0.4 is 0 Å². The summed E-state index contributed by atoms with van der Waals surface area (Å²) in [6.07, 6.45) is 2.65. The van der Waals surface area contributed by atoms with Gasteiger partial charge in [-0.15, -0.1) is 10.2 Å². The molecule has 2 aromatic heterocycles. The fourth-order valence-corrected chi connectivity index (χ4v) is 1.13. The number of hydrogen-bond donors (Lipinski definition) is 1. The molecular weight excluding hydrogens is 200 g/mol. The van der Waals surface area contributed by atoms with Gasteiger partial charge in [-0.25, -0.2) is 4.79 Å². The van der Waals surface area contributed by atoms with Crippen molar-refractivity contribution in [2.75, 3.05) is 0 Å². The van der Waals surface area contributed by atoms with Crippen molar-refractivity contribution < 1.29 is 18.7 Å². The van der Waals surface area contributed by atoms with E-state index < -0.39 is 5.97 Å². The van der Waals surface area contributed by atoms with Gasteiger partial charge in [0.2, 0.25) is 5.89 Å². The van der Waals surface area contributed by atoms with Gasteiger partial charge >= 0.3 is 11.9 Å². The Morgan fingerprint density at radius 2 is 2.27 bits per heavy atom. The summed E-state index contributed by atoms with van der Waals surface area (Å²) < 4.78 is 9.98. The standard InChI is InChI=1S/C9H8N2O4/c12-9(13)8-11-10-7(15-8)4-3-6-2-1-5-14-6/h1-2,5H,3-4H2,(H,12,13). The monoisotopic (exact) mass is 208 g/mol. The van der Waals surface area contributed by atoms with Gasteiger partial charge in [0.1, 0.15) is 5.76 Å². The Kier molecular flexibility index (Phi) is 2.49. The third kappa shape index (κ3) is 2.22. The topological polar surface area (TPSA) is 89.4 Å². The van der Waals surface area contributed by atoms with Gasteiger partial charge in [-0.05, 0) is 12.1 Å². The number of carboxylic acid groups (broad SMARTS) is 1. The second-order valence-electron chi connectivity index (χ2n) is 2.89. The molecule has 0 fully saturated rings. The maximum Gasteiger partial charge on any atom is 0.393 e. The molecule has 0 saturated heterocycles. The van der Waals surface area contributed by atoms with Crippen LogP contribution in [0.4, 0.5) is 0 Å². The minimum atomic E-state index is -1.22. The molecular formula is C9H8N2O4. The van der Waals surface area contributed by atoms with Crippen LogP contribution in [0.5, 0.6) is 0 Å². The van der Waals surface area contributed by atoms with Crippen LogP contribution in [0.15, 0.2) is 27.2 Å². The summed E-state index contributed by atoms with van der Waals surface area (Å²) in [6.45, 7) is 0. The molecule has 0 atom stereocenters. The molecule has 0 aromatic carbocycles. The first kappa shape index (κ1) is 9.45. The lowest BCUT2D eigenvalue weighted by Gasteiger charge is -1.91. The Hall–Kier alpha value is -2.11. The number of hydrogen-bond acceptors (Lipinski definition) is 5. The Morgan fingerprint density at radius 1 is 1.40 bits per heavy atom. The van der Waals surface area contributed by atoms with E-state index in [1.807, 2.05) is 6.07 Å². The first-order chi connectivity index (χ1) is 7.25. The van der Waals surface area contributed by atoms with Crippen LogP contribution in [0.2, 0.25) is 0 Å². The highest BCUT2D eigenvalue weighted by Gasteiger charge is 2.12. The Bertz CT molecular complexity index is 446. The van der Waals surface area contributed by atoms with Crippen molar-refractivity contribution in [1.29, 1.82) is 0 Å². The van der Waals surface area contributed by atoms with E-state index in [1.165, 1.54) is 0 Å². The second kappa shape index (κ2) is 3.95. The molecule has 0 radical (unpaired) electrons. The van der Waals surface area contributed by atoms with E-state index >= 15 is 0 Å². The number of aromatic carboxylic acids is 1. The number of carboxylic acids is 1. The maximum atomic E-state index is 10.4. The van der Waals surface area contributed by atoms with Gasteiger partial charge in [0.25, 0.3) is 0 Å². The van der Waals surface area contributed by atoms with Gasteiger partial charge in [0.05, 0.1) is 6.26 Å². The normalized spacial score (nSPS) is 10.4. The summed E-state index contributed by atoms with van der Waals surface area (Å²) in [5, 5.41) is 15.5. The number of nitrogens with zero attached hydrogens (tertiary/aromatic N) is 2. The molecule has 0 saturated carbocycles. The molecule has 0 aliphatic rings. The maximum absolute atomic E-state index is 10.4. The number of rotatable bonds is 4. The average Bonchev–Trinajstić information content (AvgIpc) is 2.86. The lowest BCUT2D eigenvalue weighted by molar-refractivity contribution is 0.0651. The molecule has 0 amide bonds. The summed E-state index contributed by atoms with van der Waals surface area (Å²) in [7, 11) is 0. The van der Waals surface area contributed by atoms with Crippen molar-refractivity contribution in [2.24, 2.45) is 0 Å². The van der Waals surface area contributed by atoms with Crippen molar-refractivity contribution >= 4 is 5.97 Å². The van der Waals surface area contributed by atoms with Crippen molar-refractivity contribution in [3.8, 4) is 0 Å². The van der Waals surface area contributed by atoms with E-state index in [4.69, 9.17) is 13.9 Å². The van der Waals surface area contributed by atoms with Crippen molar-refractivity contribution in [2.45, 2.75) is 12.8 Å². The minimum absolute atomic E-state index is 0.295. The molecule has 1 N–H and O–H groups in total. The van der Waals surface area contributed by atoms with Gasteiger partial charge < -0.3 is 13.9 Å². The third-order valence-corrected chi connectivity index (χ3v) is 1.82. The molecule has 0 aliphatic heterocycles. The Labute approximate surface area is 84.5 Å². The number of aryl methyl sites for hydroxylation is 2. The van der Waals surface area contributed by atoms with Crippen LogP contribution in [0, 0.1) is 0 Å². The highest BCUT2D eigenvalue weighted by Crippen LogP contribution is 2.07. The van der Waals surface area contributed by atoms with Gasteiger partial charge in [-0.2, -0.15) is 0 Å². The van der Waals surface area contributed by atoms with Gasteiger partial charge in [-0.3, -0.25) is 0 Å². The predicted octanol–water partition coefficient (Wildman–Crippen LogP) is 1.15. The number of furan rings is 1. The van der Waals surface area contributed by atoms with E-state index in [-0.39, 0.29) is 5.89 Å². The van der Waals surface area contributed by atoms with Gasteiger partial charge in [0.15, 0.2) is 0 Å². The highest BCUT2D eigenvalue weighted by molar-refractivity contribution is 5.81. The SMILES string of the molecule is O=C(O)c1nnc(CCc2ccco2)o1. The summed E-state index contributed by atoms with van der Waals surface area (Å²) >= 11 is 0. The molecule has 15 heavy (non-hydrogen) atoms. The van der Waals surface area contributed by atoms with Crippen molar-refractivity contribution in [3.63, 3.8) is 0 Å². The predicted molar refractivity (Wildman–Crippen MR) is 47.4 cm³/mol. The lowest BCUT2D eigenvalue weighted by atomic mass is 10.2. The zero-order valence-electron chi connectivity index (χ0n) is 7.71. The van der Waals surface area contributed by atoms with E-state index in [1.54, 1.807) is 12.3 Å². The Morgan fingerprint density at radius 3 is 2.87 bits per heavy atom. The molecule has 0 aliphatic carbocycles. The van der Waals surface area contributed by atoms with Crippen LogP contribution in [0.25, 0.3) is 0 Å². The van der Waals surface area contributed by atoms with Crippen LogP contribution in [0.3, 0.4) is 0 Å². The zero-order chi connectivity index (χ0) is 10.7. The third-order valence-electron chi connectivity index (χ3n) is 1.82. The molecule has 78 valence electrons. The van der Waals surface area contributed by atoms with Crippen LogP contribution in [-0.4, -0.2) is 21.3 Å². The fraction of sp³-hybridized carbons (Fsp3) is 0.222. The number of carbonyl (C=O) groups is 1. The minimum Gasteiger partial charge on any atom is -0.474 e. The first-order valence-electron chi connectivity index (χ1n) is 4.34. The quantitative estimate of drug-likeness (QED) is 0.810. The largest absolute Gasteiger partial charge is 0.474 e. The lowest BCUT2D eigenvalue weighted by Crippen LogP contribution is -1.95. The van der Waals surface area contributed by atoms with E-state index in [0.29, 0.717) is 18.7 Å². The van der Waals surface area contributed by atoms with Gasteiger partial charge in [-0.1, -0.05) is 0 Å². The molecule has 0 spiro atoms.